The van der Waals surface area contributed by atoms with Gasteiger partial charge in [0, 0.05) is 39.2 Å². The number of amides is 2. The molecule has 9 nitrogen and oxygen atoms in total. The van der Waals surface area contributed by atoms with Crippen LogP contribution in [0.4, 0.5) is 5.82 Å². The first-order valence-corrected chi connectivity index (χ1v) is 13.9. The van der Waals surface area contributed by atoms with Crippen LogP contribution in [0.15, 0.2) is 34.7 Å². The number of hydrogen-bond acceptors (Lipinski definition) is 6. The highest BCUT2D eigenvalue weighted by Crippen LogP contribution is 2.36. The van der Waals surface area contributed by atoms with Crippen molar-refractivity contribution in [1.29, 1.82) is 0 Å². The van der Waals surface area contributed by atoms with E-state index >= 15 is 0 Å². The third-order valence-electron chi connectivity index (χ3n) is 6.60. The summed E-state index contributed by atoms with van der Waals surface area (Å²) in [4.78, 5) is 31.9. The lowest BCUT2D eigenvalue weighted by molar-refractivity contribution is -0.130. The third-order valence-corrected chi connectivity index (χ3v) is 7.77. The smallest absolute Gasteiger partial charge is 0.255 e. The number of carbonyl (C=O) groups excluding carboxylic acids is 2. The van der Waals surface area contributed by atoms with Crippen molar-refractivity contribution in [1.82, 2.24) is 15.2 Å². The Labute approximate surface area is 211 Å². The molecule has 1 aromatic carbocycles. The molecular formula is C26H32N4O5S. The molecule has 0 atom stereocenters. The Morgan fingerprint density at radius 3 is 2.44 bits per heavy atom. The summed E-state index contributed by atoms with van der Waals surface area (Å²) in [7, 11) is -0.626. The van der Waals surface area contributed by atoms with E-state index in [2.05, 4.69) is 10.3 Å². The second-order valence-corrected chi connectivity index (χ2v) is 11.3. The van der Waals surface area contributed by atoms with Gasteiger partial charge in [-0.1, -0.05) is 29.8 Å². The van der Waals surface area contributed by atoms with Crippen LogP contribution in [0.5, 0.6) is 0 Å². The first-order valence-electron chi connectivity index (χ1n) is 12.1. The van der Waals surface area contributed by atoms with Crippen molar-refractivity contribution >= 4 is 38.8 Å². The molecule has 4 rings (SSSR count). The quantitative estimate of drug-likeness (QED) is 0.494. The van der Waals surface area contributed by atoms with Crippen LogP contribution in [-0.4, -0.2) is 63.6 Å². The molecule has 0 unspecified atom stereocenters. The SMILES string of the molecule is CNC(=O)c1c(-c2ccc(C)cc2)oc2nc(N(C)S(C)(=O)=O)c(CCCC(=O)N3CCCC3)cc12. The van der Waals surface area contributed by atoms with E-state index in [0.29, 0.717) is 47.1 Å². The number of likely N-dealkylation sites (tertiary alicyclic amines) is 1. The van der Waals surface area contributed by atoms with E-state index in [1.165, 1.54) is 7.05 Å². The number of benzene rings is 1. The molecule has 192 valence electrons. The monoisotopic (exact) mass is 512 g/mol. The van der Waals surface area contributed by atoms with Gasteiger partial charge in [-0.15, -0.1) is 0 Å². The summed E-state index contributed by atoms with van der Waals surface area (Å²) in [6.07, 6.45) is 4.49. The Hall–Kier alpha value is -3.40. The van der Waals surface area contributed by atoms with Gasteiger partial charge in [-0.3, -0.25) is 13.9 Å². The minimum absolute atomic E-state index is 0.107. The Balaban J connectivity index is 1.78. The Morgan fingerprint density at radius 2 is 1.83 bits per heavy atom. The molecule has 2 aromatic heterocycles. The van der Waals surface area contributed by atoms with Crippen molar-refractivity contribution in [3.63, 3.8) is 0 Å². The molecule has 1 fully saturated rings. The minimum atomic E-state index is -3.61. The van der Waals surface area contributed by atoms with Gasteiger partial charge in [-0.05, 0) is 44.2 Å². The fourth-order valence-electron chi connectivity index (χ4n) is 4.48. The summed E-state index contributed by atoms with van der Waals surface area (Å²) in [5.74, 6) is 0.374. The summed E-state index contributed by atoms with van der Waals surface area (Å²) >= 11 is 0. The van der Waals surface area contributed by atoms with Gasteiger partial charge in [0.25, 0.3) is 5.91 Å². The van der Waals surface area contributed by atoms with Crippen LogP contribution in [0.25, 0.3) is 22.4 Å². The topological polar surface area (TPSA) is 113 Å². The highest BCUT2D eigenvalue weighted by Gasteiger charge is 2.26. The lowest BCUT2D eigenvalue weighted by Crippen LogP contribution is -2.28. The van der Waals surface area contributed by atoms with Gasteiger partial charge in [-0.2, -0.15) is 4.98 Å². The van der Waals surface area contributed by atoms with Crippen molar-refractivity contribution in [2.24, 2.45) is 0 Å². The molecule has 3 heterocycles. The van der Waals surface area contributed by atoms with Crippen LogP contribution in [0, 0.1) is 6.92 Å². The second kappa shape index (κ2) is 10.3. The Morgan fingerprint density at radius 1 is 1.17 bits per heavy atom. The molecule has 36 heavy (non-hydrogen) atoms. The van der Waals surface area contributed by atoms with Gasteiger partial charge in [0.2, 0.25) is 21.6 Å². The summed E-state index contributed by atoms with van der Waals surface area (Å²) in [5, 5.41) is 3.17. The van der Waals surface area contributed by atoms with E-state index in [0.717, 1.165) is 42.1 Å². The van der Waals surface area contributed by atoms with Gasteiger partial charge < -0.3 is 14.6 Å². The van der Waals surface area contributed by atoms with Gasteiger partial charge in [0.1, 0.15) is 11.6 Å². The lowest BCUT2D eigenvalue weighted by Gasteiger charge is -2.19. The van der Waals surface area contributed by atoms with E-state index in [1.54, 1.807) is 13.1 Å². The second-order valence-electron chi connectivity index (χ2n) is 9.25. The number of carbonyl (C=O) groups is 2. The molecule has 1 saturated heterocycles. The predicted molar refractivity (Wildman–Crippen MR) is 140 cm³/mol. The number of aryl methyl sites for hydroxylation is 2. The van der Waals surface area contributed by atoms with Crippen molar-refractivity contribution in [3.8, 4) is 11.3 Å². The molecule has 0 spiro atoms. The summed E-state index contributed by atoms with van der Waals surface area (Å²) < 4.78 is 31.9. The maximum atomic E-state index is 12.9. The molecule has 1 aliphatic heterocycles. The molecule has 1 N–H and O–H groups in total. The van der Waals surface area contributed by atoms with Crippen molar-refractivity contribution < 1.29 is 22.4 Å². The third kappa shape index (κ3) is 5.23. The van der Waals surface area contributed by atoms with Crippen LogP contribution in [0.1, 0.15) is 47.2 Å². The van der Waals surface area contributed by atoms with E-state index in [1.807, 2.05) is 36.1 Å². The number of anilines is 1. The molecule has 0 aliphatic carbocycles. The van der Waals surface area contributed by atoms with Gasteiger partial charge >= 0.3 is 0 Å². The van der Waals surface area contributed by atoms with E-state index in [4.69, 9.17) is 4.42 Å². The zero-order chi connectivity index (χ0) is 26.0. The van der Waals surface area contributed by atoms with E-state index in [9.17, 15) is 18.0 Å². The Bertz CT molecular complexity index is 1390. The molecule has 0 radical (unpaired) electrons. The average Bonchev–Trinajstić information content (AvgIpc) is 3.51. The van der Waals surface area contributed by atoms with Gasteiger partial charge in [0.05, 0.1) is 17.2 Å². The highest BCUT2D eigenvalue weighted by atomic mass is 32.2. The number of nitrogens with zero attached hydrogens (tertiary/aromatic N) is 3. The zero-order valence-electron chi connectivity index (χ0n) is 21.1. The fraction of sp³-hybridized carbons (Fsp3) is 0.423. The zero-order valence-corrected chi connectivity index (χ0v) is 21.9. The number of sulfonamides is 1. The molecule has 0 bridgehead atoms. The largest absolute Gasteiger partial charge is 0.437 e. The molecule has 2 amide bonds. The molecular weight excluding hydrogens is 480 g/mol. The molecule has 1 aliphatic rings. The number of pyridine rings is 1. The van der Waals surface area contributed by atoms with E-state index in [-0.39, 0.29) is 23.3 Å². The van der Waals surface area contributed by atoms with Crippen LogP contribution < -0.4 is 9.62 Å². The number of fused-ring (bicyclic) bond motifs is 1. The maximum Gasteiger partial charge on any atom is 0.255 e. The van der Waals surface area contributed by atoms with E-state index < -0.39 is 10.0 Å². The summed E-state index contributed by atoms with van der Waals surface area (Å²) in [6.45, 7) is 3.55. The predicted octanol–water partition coefficient (Wildman–Crippen LogP) is 3.50. The number of nitrogens with one attached hydrogen (secondary N) is 1. The number of rotatable bonds is 8. The first kappa shape index (κ1) is 25.7. The molecule has 10 heteroatoms. The minimum Gasteiger partial charge on any atom is -0.437 e. The summed E-state index contributed by atoms with van der Waals surface area (Å²) in [5.41, 5.74) is 2.93. The average molecular weight is 513 g/mol. The maximum absolute atomic E-state index is 12.9. The van der Waals surface area contributed by atoms with Crippen molar-refractivity contribution in [3.05, 3.63) is 47.0 Å². The standard InChI is InChI=1S/C26H32N4O5S/c1-17-10-12-18(13-11-17)23-22(25(32)27-2)20-16-19(8-7-9-21(31)30-14-5-6-15-30)24(28-26(20)35-23)29(3)36(4,33)34/h10-13,16H,5-9,14-15H2,1-4H3,(H,27,32). The first-order chi connectivity index (χ1) is 17.1. The normalized spacial score (nSPS) is 13.8. The van der Waals surface area contributed by atoms with Crippen molar-refractivity contribution in [2.45, 2.75) is 39.0 Å². The number of aromatic nitrogens is 1. The highest BCUT2D eigenvalue weighted by molar-refractivity contribution is 7.92. The lowest BCUT2D eigenvalue weighted by atomic mass is 10.0. The number of furan rings is 1. The fourth-order valence-corrected chi connectivity index (χ4v) is 4.95. The van der Waals surface area contributed by atoms with Crippen LogP contribution in [0.2, 0.25) is 0 Å². The summed E-state index contributed by atoms with van der Waals surface area (Å²) in [6, 6.07) is 9.36. The Kier molecular flexibility index (Phi) is 7.35. The van der Waals surface area contributed by atoms with Crippen LogP contribution in [0.3, 0.4) is 0 Å². The molecule has 3 aromatic rings. The van der Waals surface area contributed by atoms with Crippen molar-refractivity contribution in [2.75, 3.05) is 37.7 Å². The van der Waals surface area contributed by atoms with Gasteiger partial charge in [0.15, 0.2) is 0 Å². The molecule has 0 saturated carbocycles. The van der Waals surface area contributed by atoms with Crippen LogP contribution >= 0.6 is 0 Å². The van der Waals surface area contributed by atoms with Gasteiger partial charge in [-0.25, -0.2) is 8.42 Å². The number of hydrogen-bond donors (Lipinski definition) is 1. The van der Waals surface area contributed by atoms with Crippen LogP contribution in [-0.2, 0) is 21.2 Å².